The monoisotopic (exact) mass is 426 g/mol. The average molecular weight is 426 g/mol. The normalized spacial score (nSPS) is 16.5. The number of benzene rings is 2. The summed E-state index contributed by atoms with van der Waals surface area (Å²) in [5, 5.41) is 4.48. The summed E-state index contributed by atoms with van der Waals surface area (Å²) < 4.78 is 59.0. The number of ether oxygens (including phenoxy) is 1. The van der Waals surface area contributed by atoms with Gasteiger partial charge in [-0.2, -0.15) is 13.2 Å². The van der Waals surface area contributed by atoms with Gasteiger partial charge in [0.25, 0.3) is 0 Å². The van der Waals surface area contributed by atoms with E-state index in [4.69, 9.17) is 16.3 Å². The smallest absolute Gasteiger partial charge is 0.397 e. The van der Waals surface area contributed by atoms with Crippen molar-refractivity contribution in [2.45, 2.75) is 31.0 Å². The Hall–Kier alpha value is -2.36. The Kier molecular flexibility index (Phi) is 6.54. The summed E-state index contributed by atoms with van der Waals surface area (Å²) in [5.74, 6) is 5.47. The van der Waals surface area contributed by atoms with Gasteiger partial charge in [-0.05, 0) is 55.8 Å². The number of nitrogens with one attached hydrogen (secondary N) is 1. The maximum absolute atomic E-state index is 13.4. The van der Waals surface area contributed by atoms with Gasteiger partial charge in [-0.3, -0.25) is 0 Å². The van der Waals surface area contributed by atoms with Crippen LogP contribution in [-0.2, 0) is 22.9 Å². The van der Waals surface area contributed by atoms with Gasteiger partial charge in [-0.25, -0.2) is 10.2 Å². The summed E-state index contributed by atoms with van der Waals surface area (Å²) in [7, 11) is 1.51. The van der Waals surface area contributed by atoms with E-state index in [1.165, 1.54) is 24.2 Å². The Morgan fingerprint density at radius 2 is 1.77 bits per heavy atom. The van der Waals surface area contributed by atoms with Crippen molar-refractivity contribution in [1.29, 1.82) is 0 Å². The van der Waals surface area contributed by atoms with Crippen molar-refractivity contribution >= 4 is 11.4 Å². The predicted octanol–water partition coefficient (Wildman–Crippen LogP) is 3.57. The van der Waals surface area contributed by atoms with E-state index in [1.54, 1.807) is 12.1 Å². The van der Waals surface area contributed by atoms with Crippen LogP contribution in [0, 0.1) is 5.82 Å². The van der Waals surface area contributed by atoms with Crippen LogP contribution in [0.1, 0.15) is 29.5 Å². The zero-order valence-electron chi connectivity index (χ0n) is 16.7. The summed E-state index contributed by atoms with van der Waals surface area (Å²) >= 11 is 0. The Balaban J connectivity index is 1.84. The fourth-order valence-corrected chi connectivity index (χ4v) is 4.00. The van der Waals surface area contributed by atoms with Crippen molar-refractivity contribution in [3.8, 4) is 0 Å². The van der Waals surface area contributed by atoms with Gasteiger partial charge in [-0.1, -0.05) is 12.1 Å². The second kappa shape index (κ2) is 8.79. The van der Waals surface area contributed by atoms with E-state index in [1.807, 2.05) is 0 Å². The second-order valence-electron chi connectivity index (χ2n) is 7.71. The number of anilines is 2. The zero-order valence-corrected chi connectivity index (χ0v) is 16.7. The number of alkyl halides is 3. The van der Waals surface area contributed by atoms with E-state index in [9.17, 15) is 17.6 Å². The molecule has 0 spiro atoms. The highest BCUT2D eigenvalue weighted by molar-refractivity contribution is 5.72. The first kappa shape index (κ1) is 22.3. The third kappa shape index (κ3) is 4.85. The molecular formula is C21H26F4N4O. The molecule has 1 aliphatic heterocycles. The predicted molar refractivity (Wildman–Crippen MR) is 108 cm³/mol. The molecule has 2 aromatic carbocycles. The van der Waals surface area contributed by atoms with Crippen LogP contribution in [-0.4, -0.2) is 26.7 Å². The van der Waals surface area contributed by atoms with Crippen LogP contribution in [0.25, 0.3) is 0 Å². The van der Waals surface area contributed by atoms with Crippen LogP contribution in [0.2, 0.25) is 0 Å². The standard InChI is InChI=1S/C21H26F4N4O/c1-29(27)19-14(10-16(11-18(19)26)21(23,24)25)12-30-13-20(6-8-28-9-7-20)15-2-4-17(22)5-3-15/h2-5,10-11,28H,6-9,12-13,26-27H2,1H3. The number of hydrogen-bond acceptors (Lipinski definition) is 5. The minimum atomic E-state index is -4.53. The number of nitrogens with two attached hydrogens (primary N) is 2. The highest BCUT2D eigenvalue weighted by Gasteiger charge is 2.35. The van der Waals surface area contributed by atoms with E-state index in [2.05, 4.69) is 5.32 Å². The molecule has 0 saturated carbocycles. The molecule has 0 amide bonds. The van der Waals surface area contributed by atoms with Crippen LogP contribution < -0.4 is 21.9 Å². The second-order valence-corrected chi connectivity index (χ2v) is 7.71. The maximum Gasteiger partial charge on any atom is 0.416 e. The topological polar surface area (TPSA) is 76.5 Å². The lowest BCUT2D eigenvalue weighted by Gasteiger charge is -2.38. The van der Waals surface area contributed by atoms with Crippen molar-refractivity contribution < 1.29 is 22.3 Å². The Morgan fingerprint density at radius 3 is 2.33 bits per heavy atom. The van der Waals surface area contributed by atoms with Crippen molar-refractivity contribution in [1.82, 2.24) is 5.32 Å². The summed E-state index contributed by atoms with van der Waals surface area (Å²) in [6.07, 6.45) is -2.99. The molecule has 3 rings (SSSR count). The molecule has 5 nitrogen and oxygen atoms in total. The van der Waals surface area contributed by atoms with Crippen molar-refractivity contribution in [3.63, 3.8) is 0 Å². The lowest BCUT2D eigenvalue weighted by atomic mass is 9.74. The quantitative estimate of drug-likeness (QED) is 0.285. The molecule has 0 radical (unpaired) electrons. The lowest BCUT2D eigenvalue weighted by Crippen LogP contribution is -2.43. The molecule has 0 unspecified atom stereocenters. The molecule has 9 heteroatoms. The number of rotatable bonds is 6. The van der Waals surface area contributed by atoms with E-state index in [0.717, 1.165) is 43.6 Å². The summed E-state index contributed by atoms with van der Waals surface area (Å²) in [6.45, 7) is 1.74. The first-order chi connectivity index (χ1) is 14.1. The molecule has 164 valence electrons. The first-order valence-electron chi connectivity index (χ1n) is 9.65. The Labute approximate surface area is 173 Å². The number of hydrogen-bond donors (Lipinski definition) is 3. The van der Waals surface area contributed by atoms with E-state index >= 15 is 0 Å². The molecule has 1 fully saturated rings. The third-order valence-electron chi connectivity index (χ3n) is 5.55. The molecule has 0 atom stereocenters. The number of halogens is 4. The van der Waals surface area contributed by atoms with Crippen LogP contribution >= 0.6 is 0 Å². The molecule has 1 heterocycles. The van der Waals surface area contributed by atoms with E-state index < -0.39 is 11.7 Å². The summed E-state index contributed by atoms with van der Waals surface area (Å²) in [5.41, 5.74) is 6.09. The van der Waals surface area contributed by atoms with Crippen LogP contribution in [0.5, 0.6) is 0 Å². The van der Waals surface area contributed by atoms with Gasteiger partial charge in [0.05, 0.1) is 30.2 Å². The van der Waals surface area contributed by atoms with Gasteiger partial charge in [0.2, 0.25) is 0 Å². The number of piperidine rings is 1. The van der Waals surface area contributed by atoms with Gasteiger partial charge < -0.3 is 20.8 Å². The van der Waals surface area contributed by atoms with Gasteiger partial charge >= 0.3 is 6.18 Å². The molecule has 5 N–H and O–H groups in total. The minimum Gasteiger partial charge on any atom is -0.397 e. The Bertz CT molecular complexity index is 863. The van der Waals surface area contributed by atoms with Gasteiger partial charge in [0.15, 0.2) is 0 Å². The molecule has 0 bridgehead atoms. The average Bonchev–Trinajstić information content (AvgIpc) is 2.68. The van der Waals surface area contributed by atoms with Crippen LogP contribution in [0.4, 0.5) is 28.9 Å². The fourth-order valence-electron chi connectivity index (χ4n) is 4.00. The largest absolute Gasteiger partial charge is 0.416 e. The highest BCUT2D eigenvalue weighted by Crippen LogP contribution is 2.38. The minimum absolute atomic E-state index is 0.0662. The maximum atomic E-state index is 13.4. The van der Waals surface area contributed by atoms with Crippen LogP contribution in [0.15, 0.2) is 36.4 Å². The molecule has 1 saturated heterocycles. The van der Waals surface area contributed by atoms with Crippen molar-refractivity contribution in [2.24, 2.45) is 5.84 Å². The van der Waals surface area contributed by atoms with E-state index in [-0.39, 0.29) is 35.7 Å². The summed E-state index contributed by atoms with van der Waals surface area (Å²) in [6, 6.07) is 8.19. The van der Waals surface area contributed by atoms with Gasteiger partial charge in [0, 0.05) is 18.0 Å². The SMILES string of the molecule is CN(N)c1c(N)cc(C(F)(F)F)cc1COCC1(c2ccc(F)cc2)CCNCC1. The van der Waals surface area contributed by atoms with Crippen LogP contribution in [0.3, 0.4) is 0 Å². The number of hydrazine groups is 1. The zero-order chi connectivity index (χ0) is 21.9. The molecule has 1 aliphatic rings. The molecular weight excluding hydrogens is 400 g/mol. The lowest BCUT2D eigenvalue weighted by molar-refractivity contribution is -0.137. The van der Waals surface area contributed by atoms with Crippen molar-refractivity contribution in [2.75, 3.05) is 37.5 Å². The highest BCUT2D eigenvalue weighted by atomic mass is 19.4. The van der Waals surface area contributed by atoms with E-state index in [0.29, 0.717) is 5.69 Å². The number of nitrogens with zero attached hydrogens (tertiary/aromatic N) is 1. The Morgan fingerprint density at radius 1 is 1.13 bits per heavy atom. The number of nitrogen functional groups attached to an aromatic ring is 1. The van der Waals surface area contributed by atoms with Gasteiger partial charge in [-0.15, -0.1) is 0 Å². The van der Waals surface area contributed by atoms with Crippen molar-refractivity contribution in [3.05, 3.63) is 58.9 Å². The molecule has 0 aromatic heterocycles. The first-order valence-corrected chi connectivity index (χ1v) is 9.65. The fraction of sp³-hybridized carbons (Fsp3) is 0.429. The third-order valence-corrected chi connectivity index (χ3v) is 5.55. The van der Waals surface area contributed by atoms with Gasteiger partial charge in [0.1, 0.15) is 5.82 Å². The molecule has 30 heavy (non-hydrogen) atoms. The molecule has 0 aliphatic carbocycles. The summed E-state index contributed by atoms with van der Waals surface area (Å²) in [4.78, 5) is 0. The molecule has 2 aromatic rings.